The molecule has 5 heteroatoms. The van der Waals surface area contributed by atoms with Crippen molar-refractivity contribution in [3.8, 4) is 0 Å². The number of anilines is 1. The Hall–Kier alpha value is -1.20. The average Bonchev–Trinajstić information content (AvgIpc) is 3.26. The molecular weight excluding hydrogens is 250 g/mol. The maximum Gasteiger partial charge on any atom is 0.225 e. The standard InChI is InChI=1S/C15H25N5/c1-12-14(9-16-2)10-17-15(18-12)20-7-5-19(6-8-20)11-13-3-4-13/h10,13,16H,3-9,11H2,1-2H3. The van der Waals surface area contributed by atoms with Crippen LogP contribution in [0.15, 0.2) is 6.20 Å². The van der Waals surface area contributed by atoms with Crippen molar-refractivity contribution in [3.05, 3.63) is 17.5 Å². The Balaban J connectivity index is 1.58. The summed E-state index contributed by atoms with van der Waals surface area (Å²) in [6.07, 6.45) is 4.84. The van der Waals surface area contributed by atoms with Gasteiger partial charge in [0, 0.05) is 56.7 Å². The van der Waals surface area contributed by atoms with Crippen LogP contribution in [0.5, 0.6) is 0 Å². The van der Waals surface area contributed by atoms with Crippen LogP contribution >= 0.6 is 0 Å². The normalized spacial score (nSPS) is 20.4. The first kappa shape index (κ1) is 13.8. The Morgan fingerprint density at radius 2 is 2.00 bits per heavy atom. The second-order valence-electron chi connectivity index (χ2n) is 6.04. The van der Waals surface area contributed by atoms with E-state index in [1.807, 2.05) is 13.2 Å². The second-order valence-corrected chi connectivity index (χ2v) is 6.04. The van der Waals surface area contributed by atoms with Gasteiger partial charge in [0.05, 0.1) is 0 Å². The Kier molecular flexibility index (Phi) is 4.17. The van der Waals surface area contributed by atoms with Gasteiger partial charge >= 0.3 is 0 Å². The Bertz CT molecular complexity index is 450. The SMILES string of the molecule is CNCc1cnc(N2CCN(CC3CC3)CC2)nc1C. The van der Waals surface area contributed by atoms with Gasteiger partial charge in [-0.25, -0.2) is 9.97 Å². The highest BCUT2D eigenvalue weighted by molar-refractivity contribution is 5.33. The Morgan fingerprint density at radius 3 is 2.60 bits per heavy atom. The molecule has 3 rings (SSSR count). The van der Waals surface area contributed by atoms with Crippen molar-refractivity contribution in [2.45, 2.75) is 26.3 Å². The number of hydrogen-bond donors (Lipinski definition) is 1. The molecule has 1 aliphatic heterocycles. The third kappa shape index (κ3) is 3.27. The molecule has 0 unspecified atom stereocenters. The van der Waals surface area contributed by atoms with Gasteiger partial charge in [-0.1, -0.05) is 0 Å². The molecule has 1 aliphatic carbocycles. The van der Waals surface area contributed by atoms with Gasteiger partial charge in [0.2, 0.25) is 5.95 Å². The first-order valence-corrected chi connectivity index (χ1v) is 7.70. The van der Waals surface area contributed by atoms with E-state index in [1.165, 1.54) is 24.9 Å². The highest BCUT2D eigenvalue weighted by atomic mass is 15.3. The van der Waals surface area contributed by atoms with Gasteiger partial charge in [-0.05, 0) is 32.7 Å². The quantitative estimate of drug-likeness (QED) is 0.870. The van der Waals surface area contributed by atoms with Crippen LogP contribution in [0.4, 0.5) is 5.95 Å². The summed E-state index contributed by atoms with van der Waals surface area (Å²) in [5, 5.41) is 3.15. The molecule has 0 spiro atoms. The topological polar surface area (TPSA) is 44.3 Å². The third-order valence-corrected chi connectivity index (χ3v) is 4.30. The van der Waals surface area contributed by atoms with E-state index in [2.05, 4.69) is 32.0 Å². The fraction of sp³-hybridized carbons (Fsp3) is 0.733. The van der Waals surface area contributed by atoms with Crippen LogP contribution in [0.2, 0.25) is 0 Å². The maximum absolute atomic E-state index is 4.67. The van der Waals surface area contributed by atoms with Gasteiger partial charge in [0.1, 0.15) is 0 Å². The van der Waals surface area contributed by atoms with E-state index in [9.17, 15) is 0 Å². The number of hydrogen-bond acceptors (Lipinski definition) is 5. The first-order valence-electron chi connectivity index (χ1n) is 7.70. The van der Waals surface area contributed by atoms with Gasteiger partial charge in [-0.2, -0.15) is 0 Å². The molecule has 5 nitrogen and oxygen atoms in total. The molecule has 20 heavy (non-hydrogen) atoms. The van der Waals surface area contributed by atoms with E-state index in [0.29, 0.717) is 0 Å². The predicted molar refractivity (Wildman–Crippen MR) is 80.9 cm³/mol. The molecule has 0 amide bonds. The van der Waals surface area contributed by atoms with Crippen molar-refractivity contribution in [2.24, 2.45) is 5.92 Å². The largest absolute Gasteiger partial charge is 0.338 e. The molecule has 1 saturated heterocycles. The lowest BCUT2D eigenvalue weighted by atomic mass is 10.2. The maximum atomic E-state index is 4.67. The molecule has 0 atom stereocenters. The number of nitrogens with zero attached hydrogens (tertiary/aromatic N) is 4. The van der Waals surface area contributed by atoms with E-state index in [0.717, 1.165) is 50.3 Å². The Morgan fingerprint density at radius 1 is 1.25 bits per heavy atom. The van der Waals surface area contributed by atoms with E-state index in [4.69, 9.17) is 0 Å². The van der Waals surface area contributed by atoms with E-state index >= 15 is 0 Å². The minimum absolute atomic E-state index is 0.835. The fourth-order valence-corrected chi connectivity index (χ4v) is 2.79. The molecule has 0 aromatic carbocycles. The summed E-state index contributed by atoms with van der Waals surface area (Å²) < 4.78 is 0. The van der Waals surface area contributed by atoms with Crippen LogP contribution in [-0.2, 0) is 6.54 Å². The minimum Gasteiger partial charge on any atom is -0.338 e. The summed E-state index contributed by atoms with van der Waals surface area (Å²) in [4.78, 5) is 14.1. The number of aromatic nitrogens is 2. The summed E-state index contributed by atoms with van der Waals surface area (Å²) in [7, 11) is 1.95. The number of piperazine rings is 1. The number of aryl methyl sites for hydroxylation is 1. The van der Waals surface area contributed by atoms with Gasteiger partial charge in [-0.15, -0.1) is 0 Å². The van der Waals surface area contributed by atoms with Gasteiger partial charge in [0.15, 0.2) is 0 Å². The molecule has 1 saturated carbocycles. The van der Waals surface area contributed by atoms with Crippen molar-refractivity contribution in [1.82, 2.24) is 20.2 Å². The first-order chi connectivity index (χ1) is 9.76. The fourth-order valence-electron chi connectivity index (χ4n) is 2.79. The second kappa shape index (κ2) is 6.06. The molecule has 0 bridgehead atoms. The molecule has 110 valence electrons. The van der Waals surface area contributed by atoms with Crippen LogP contribution in [0.1, 0.15) is 24.1 Å². The number of rotatable bonds is 5. The van der Waals surface area contributed by atoms with Crippen molar-refractivity contribution in [2.75, 3.05) is 44.7 Å². The number of nitrogens with one attached hydrogen (secondary N) is 1. The van der Waals surface area contributed by atoms with Crippen molar-refractivity contribution in [3.63, 3.8) is 0 Å². The van der Waals surface area contributed by atoms with Crippen molar-refractivity contribution >= 4 is 5.95 Å². The predicted octanol–water partition coefficient (Wildman–Crippen LogP) is 1.04. The molecule has 1 N–H and O–H groups in total. The lowest BCUT2D eigenvalue weighted by Crippen LogP contribution is -2.47. The van der Waals surface area contributed by atoms with Crippen LogP contribution in [-0.4, -0.2) is 54.6 Å². The zero-order valence-electron chi connectivity index (χ0n) is 12.6. The van der Waals surface area contributed by atoms with Gasteiger partial charge in [0.25, 0.3) is 0 Å². The smallest absolute Gasteiger partial charge is 0.225 e. The monoisotopic (exact) mass is 275 g/mol. The van der Waals surface area contributed by atoms with Gasteiger partial charge in [-0.3, -0.25) is 4.90 Å². The summed E-state index contributed by atoms with van der Waals surface area (Å²) in [5.41, 5.74) is 2.27. The summed E-state index contributed by atoms with van der Waals surface area (Å²) in [6.45, 7) is 8.61. The lowest BCUT2D eigenvalue weighted by molar-refractivity contribution is 0.247. The molecule has 1 aromatic rings. The molecular formula is C15H25N5. The Labute approximate surface area is 121 Å². The summed E-state index contributed by atoms with van der Waals surface area (Å²) in [6, 6.07) is 0. The lowest BCUT2D eigenvalue weighted by Gasteiger charge is -2.34. The highest BCUT2D eigenvalue weighted by Crippen LogP contribution is 2.30. The van der Waals surface area contributed by atoms with Gasteiger partial charge < -0.3 is 10.2 Å². The zero-order chi connectivity index (χ0) is 13.9. The van der Waals surface area contributed by atoms with Crippen molar-refractivity contribution in [1.29, 1.82) is 0 Å². The summed E-state index contributed by atoms with van der Waals surface area (Å²) in [5.74, 6) is 1.88. The van der Waals surface area contributed by atoms with Crippen LogP contribution in [0.3, 0.4) is 0 Å². The van der Waals surface area contributed by atoms with E-state index < -0.39 is 0 Å². The molecule has 2 aliphatic rings. The molecule has 2 heterocycles. The van der Waals surface area contributed by atoms with Crippen LogP contribution in [0.25, 0.3) is 0 Å². The molecule has 1 aromatic heterocycles. The molecule has 0 radical (unpaired) electrons. The third-order valence-electron chi connectivity index (χ3n) is 4.30. The highest BCUT2D eigenvalue weighted by Gasteiger charge is 2.26. The average molecular weight is 275 g/mol. The van der Waals surface area contributed by atoms with Crippen LogP contribution < -0.4 is 10.2 Å². The van der Waals surface area contributed by atoms with Crippen LogP contribution in [0, 0.1) is 12.8 Å². The van der Waals surface area contributed by atoms with Crippen molar-refractivity contribution < 1.29 is 0 Å². The summed E-state index contributed by atoms with van der Waals surface area (Å²) >= 11 is 0. The molecule has 2 fully saturated rings. The minimum atomic E-state index is 0.835. The van der Waals surface area contributed by atoms with E-state index in [1.54, 1.807) is 0 Å². The van der Waals surface area contributed by atoms with E-state index in [-0.39, 0.29) is 0 Å². The zero-order valence-corrected chi connectivity index (χ0v) is 12.6.